The normalized spacial score (nSPS) is 13.9. The van der Waals surface area contributed by atoms with Crippen molar-refractivity contribution in [3.05, 3.63) is 54.2 Å². The van der Waals surface area contributed by atoms with Gasteiger partial charge in [0, 0.05) is 25.0 Å². The zero-order valence-electron chi connectivity index (χ0n) is 18.0. The number of nitrogens with zero attached hydrogens (tertiary/aromatic N) is 1. The van der Waals surface area contributed by atoms with Crippen LogP contribution in [0.15, 0.2) is 18.2 Å². The number of carbonyl (C=O) groups excluding carboxylic acids is 4. The van der Waals surface area contributed by atoms with Crippen molar-refractivity contribution in [1.82, 2.24) is 4.90 Å². The molecule has 0 spiro atoms. The summed E-state index contributed by atoms with van der Waals surface area (Å²) in [5.74, 6) is -2.86. The van der Waals surface area contributed by atoms with Crippen molar-refractivity contribution in [3.63, 3.8) is 0 Å². The Morgan fingerprint density at radius 3 is 2.00 bits per heavy atom. The quantitative estimate of drug-likeness (QED) is 0.129. The maximum Gasteiger partial charge on any atom is 0.330 e. The molecule has 12 heteroatoms. The summed E-state index contributed by atoms with van der Waals surface area (Å²) in [6.45, 7) is 4.67. The van der Waals surface area contributed by atoms with Gasteiger partial charge in [0.05, 0.1) is 11.1 Å². The van der Waals surface area contributed by atoms with Gasteiger partial charge in [0.15, 0.2) is 6.61 Å². The van der Waals surface area contributed by atoms with Crippen LogP contribution in [0.3, 0.4) is 0 Å². The van der Waals surface area contributed by atoms with E-state index < -0.39 is 42.3 Å². The number of imide groups is 1. The Bertz CT molecular complexity index is 1190. The third kappa shape index (κ3) is 5.51. The van der Waals surface area contributed by atoms with Crippen LogP contribution in [-0.2, 0) is 14.3 Å². The molecule has 2 aromatic rings. The first-order chi connectivity index (χ1) is 15.9. The third-order valence-electron chi connectivity index (χ3n) is 5.09. The highest BCUT2D eigenvalue weighted by molar-refractivity contribution is 14.1. The number of halogens is 5. The Balaban J connectivity index is 1.81. The highest BCUT2D eigenvalue weighted by Gasteiger charge is 2.47. The smallest absolute Gasteiger partial charge is 0.330 e. The van der Waals surface area contributed by atoms with Crippen molar-refractivity contribution in [2.24, 2.45) is 5.92 Å². The standard InChI is InChI=1S/C22H17ClI4N2O5/c1-8(2)19(22(33)34-7-12(30)28-11-5-4-10(23)6-9(11)3)29-20(31)13-14(21(29)32)16(25)18(27)17(26)15(13)24/h4-6,8,19H,7H2,1-3H3,(H,28,30). The van der Waals surface area contributed by atoms with Gasteiger partial charge in [-0.3, -0.25) is 19.3 Å². The van der Waals surface area contributed by atoms with Crippen LogP contribution < -0.4 is 5.32 Å². The largest absolute Gasteiger partial charge is 0.454 e. The van der Waals surface area contributed by atoms with E-state index in [0.717, 1.165) is 17.6 Å². The summed E-state index contributed by atoms with van der Waals surface area (Å²) in [5, 5.41) is 3.20. The van der Waals surface area contributed by atoms with Gasteiger partial charge in [0.25, 0.3) is 17.7 Å². The lowest BCUT2D eigenvalue weighted by molar-refractivity contribution is -0.152. The molecule has 2 aromatic carbocycles. The topological polar surface area (TPSA) is 92.8 Å². The molecule has 1 atom stereocenters. The maximum absolute atomic E-state index is 13.3. The van der Waals surface area contributed by atoms with E-state index in [1.165, 1.54) is 0 Å². The van der Waals surface area contributed by atoms with Gasteiger partial charge in [-0.05, 0) is 127 Å². The monoisotopic (exact) mass is 932 g/mol. The van der Waals surface area contributed by atoms with Crippen LogP contribution in [0.2, 0.25) is 5.02 Å². The SMILES string of the molecule is Cc1cc(Cl)ccc1NC(=O)COC(=O)C(C(C)C)N1C(=O)c2c(I)c(I)c(I)c(I)c2C1=O. The van der Waals surface area contributed by atoms with E-state index in [1.54, 1.807) is 39.0 Å². The summed E-state index contributed by atoms with van der Waals surface area (Å²) in [5.41, 5.74) is 1.90. The highest BCUT2D eigenvalue weighted by atomic mass is 127. The number of aryl methyl sites for hydroxylation is 1. The molecule has 1 N–H and O–H groups in total. The number of benzene rings is 2. The van der Waals surface area contributed by atoms with Crippen LogP contribution in [-0.4, -0.2) is 41.2 Å². The lowest BCUT2D eigenvalue weighted by Gasteiger charge is -2.27. The van der Waals surface area contributed by atoms with Crippen molar-refractivity contribution in [2.75, 3.05) is 11.9 Å². The van der Waals surface area contributed by atoms with E-state index in [9.17, 15) is 19.2 Å². The number of esters is 1. The number of carbonyl (C=O) groups is 4. The molecule has 0 bridgehead atoms. The lowest BCUT2D eigenvalue weighted by atomic mass is 10.0. The maximum atomic E-state index is 13.3. The Labute approximate surface area is 256 Å². The van der Waals surface area contributed by atoms with Gasteiger partial charge in [-0.1, -0.05) is 25.4 Å². The lowest BCUT2D eigenvalue weighted by Crippen LogP contribution is -2.49. The van der Waals surface area contributed by atoms with E-state index in [1.807, 2.05) is 0 Å². The molecule has 0 saturated carbocycles. The molecule has 3 rings (SSSR count). The van der Waals surface area contributed by atoms with E-state index in [0.29, 0.717) is 29.0 Å². The molecule has 0 saturated heterocycles. The average Bonchev–Trinajstić information content (AvgIpc) is 3.02. The second-order valence-corrected chi connectivity index (χ2v) is 12.5. The molecule has 0 aliphatic carbocycles. The van der Waals surface area contributed by atoms with Crippen molar-refractivity contribution in [1.29, 1.82) is 0 Å². The van der Waals surface area contributed by atoms with Gasteiger partial charge >= 0.3 is 5.97 Å². The Morgan fingerprint density at radius 2 is 1.53 bits per heavy atom. The van der Waals surface area contributed by atoms with Gasteiger partial charge in [-0.2, -0.15) is 0 Å². The number of anilines is 1. The number of amides is 3. The molecule has 7 nitrogen and oxygen atoms in total. The van der Waals surface area contributed by atoms with Gasteiger partial charge in [-0.15, -0.1) is 0 Å². The summed E-state index contributed by atoms with van der Waals surface area (Å²) in [6.07, 6.45) is 0. The van der Waals surface area contributed by atoms with Crippen molar-refractivity contribution >= 4 is 131 Å². The van der Waals surface area contributed by atoms with E-state index in [2.05, 4.69) is 95.7 Å². The molecule has 0 fully saturated rings. The minimum atomic E-state index is -1.17. The van der Waals surface area contributed by atoms with Crippen LogP contribution in [0.25, 0.3) is 0 Å². The summed E-state index contributed by atoms with van der Waals surface area (Å²) in [7, 11) is 0. The third-order valence-corrected chi connectivity index (χ3v) is 12.7. The van der Waals surface area contributed by atoms with Gasteiger partial charge < -0.3 is 10.1 Å². The number of nitrogens with one attached hydrogen (secondary N) is 1. The summed E-state index contributed by atoms with van der Waals surface area (Å²) >= 11 is 14.3. The molecule has 0 aromatic heterocycles. The predicted octanol–water partition coefficient (Wildman–Crippen LogP) is 5.87. The number of ether oxygens (including phenoxy) is 1. The second-order valence-electron chi connectivity index (χ2n) is 7.79. The molecule has 1 heterocycles. The molecule has 3 amide bonds. The average molecular weight is 932 g/mol. The second kappa shape index (κ2) is 11.4. The fourth-order valence-corrected chi connectivity index (χ4v) is 7.35. The zero-order valence-corrected chi connectivity index (χ0v) is 27.4. The molecule has 34 heavy (non-hydrogen) atoms. The van der Waals surface area contributed by atoms with Gasteiger partial charge in [0.1, 0.15) is 6.04 Å². The number of rotatable bonds is 6. The van der Waals surface area contributed by atoms with Crippen LogP contribution in [0.1, 0.15) is 40.1 Å². The Morgan fingerprint density at radius 1 is 1.00 bits per heavy atom. The van der Waals surface area contributed by atoms with Crippen molar-refractivity contribution in [2.45, 2.75) is 26.8 Å². The molecular formula is C22H17ClI4N2O5. The fourth-order valence-electron chi connectivity index (χ4n) is 3.47. The van der Waals surface area contributed by atoms with Crippen LogP contribution in [0.5, 0.6) is 0 Å². The molecule has 1 unspecified atom stereocenters. The highest BCUT2D eigenvalue weighted by Crippen LogP contribution is 2.39. The van der Waals surface area contributed by atoms with Crippen LogP contribution in [0.4, 0.5) is 5.69 Å². The summed E-state index contributed by atoms with van der Waals surface area (Å²) in [6, 6.07) is 3.82. The van der Waals surface area contributed by atoms with E-state index in [4.69, 9.17) is 16.3 Å². The van der Waals surface area contributed by atoms with Crippen LogP contribution in [0, 0.1) is 27.1 Å². The minimum Gasteiger partial charge on any atom is -0.454 e. The van der Waals surface area contributed by atoms with Gasteiger partial charge in [0.2, 0.25) is 0 Å². The first kappa shape index (κ1) is 28.3. The summed E-state index contributed by atoms with van der Waals surface area (Å²) < 4.78 is 8.35. The van der Waals surface area contributed by atoms with Crippen molar-refractivity contribution in [3.8, 4) is 0 Å². The Hall–Kier alpha value is -0.270. The van der Waals surface area contributed by atoms with E-state index in [-0.39, 0.29) is 0 Å². The first-order valence-electron chi connectivity index (χ1n) is 9.83. The van der Waals surface area contributed by atoms with Crippen molar-refractivity contribution < 1.29 is 23.9 Å². The molecule has 1 aliphatic rings. The number of hydrogen-bond acceptors (Lipinski definition) is 5. The molecule has 180 valence electrons. The zero-order chi connectivity index (χ0) is 25.5. The fraction of sp³-hybridized carbons (Fsp3) is 0.273. The predicted molar refractivity (Wildman–Crippen MR) is 162 cm³/mol. The summed E-state index contributed by atoms with van der Waals surface area (Å²) in [4.78, 5) is 53.0. The Kier molecular flexibility index (Phi) is 9.50. The molecule has 0 radical (unpaired) electrons. The van der Waals surface area contributed by atoms with E-state index >= 15 is 0 Å². The minimum absolute atomic E-state index is 0.300. The van der Waals surface area contributed by atoms with Gasteiger partial charge in [-0.25, -0.2) is 4.79 Å². The molecular weight excluding hydrogens is 915 g/mol. The molecule has 1 aliphatic heterocycles. The number of fused-ring (bicyclic) bond motifs is 1. The first-order valence-corrected chi connectivity index (χ1v) is 14.5. The van der Waals surface area contributed by atoms with Crippen LogP contribution >= 0.6 is 102 Å². The number of hydrogen-bond donors (Lipinski definition) is 1.